The molecule has 0 aliphatic carbocycles. The van der Waals surface area contributed by atoms with Gasteiger partial charge < -0.3 is 20.1 Å². The van der Waals surface area contributed by atoms with Crippen molar-refractivity contribution in [2.24, 2.45) is 0 Å². The van der Waals surface area contributed by atoms with E-state index in [2.05, 4.69) is 24.5 Å². The van der Waals surface area contributed by atoms with Crippen LogP contribution in [0, 0.1) is 0 Å². The van der Waals surface area contributed by atoms with Gasteiger partial charge in [-0.15, -0.1) is 0 Å². The Morgan fingerprint density at radius 3 is 2.81 bits per heavy atom. The van der Waals surface area contributed by atoms with Gasteiger partial charge in [-0.25, -0.2) is 0 Å². The van der Waals surface area contributed by atoms with Crippen molar-refractivity contribution in [2.75, 3.05) is 31.7 Å². The molecule has 1 aromatic carbocycles. The molecule has 118 valence electrons. The first-order valence-corrected chi connectivity index (χ1v) is 7.49. The summed E-state index contributed by atoms with van der Waals surface area (Å²) in [5.74, 6) is 0.671. The average molecular weight is 294 g/mol. The minimum absolute atomic E-state index is 0.0539. The quantitative estimate of drug-likeness (QED) is 0.651. The molecular weight excluding hydrogens is 268 g/mol. The van der Waals surface area contributed by atoms with Crippen LogP contribution in [0.15, 0.2) is 24.3 Å². The molecule has 0 spiro atoms. The Labute approximate surface area is 127 Å². The molecule has 0 fully saturated rings. The Morgan fingerprint density at radius 2 is 2.10 bits per heavy atom. The third-order valence-corrected chi connectivity index (χ3v) is 3.04. The highest BCUT2D eigenvalue weighted by molar-refractivity contribution is 5.92. The van der Waals surface area contributed by atoms with Crippen molar-refractivity contribution in [2.45, 2.75) is 33.2 Å². The lowest BCUT2D eigenvalue weighted by atomic mass is 10.2. The molecule has 2 N–H and O–H groups in total. The fourth-order valence-corrected chi connectivity index (χ4v) is 1.64. The first-order chi connectivity index (χ1) is 10.2. The van der Waals surface area contributed by atoms with Crippen LogP contribution in [0.1, 0.15) is 27.2 Å². The summed E-state index contributed by atoms with van der Waals surface area (Å²) in [6.45, 7) is 8.14. The van der Waals surface area contributed by atoms with E-state index in [4.69, 9.17) is 9.47 Å². The van der Waals surface area contributed by atoms with Crippen molar-refractivity contribution >= 4 is 11.6 Å². The van der Waals surface area contributed by atoms with Crippen LogP contribution in [0.4, 0.5) is 5.69 Å². The fraction of sp³-hybridized carbons (Fsp3) is 0.562. The molecule has 0 saturated carbocycles. The second-order valence-electron chi connectivity index (χ2n) is 4.81. The van der Waals surface area contributed by atoms with Crippen molar-refractivity contribution < 1.29 is 14.3 Å². The molecular formula is C16H26N2O3. The summed E-state index contributed by atoms with van der Waals surface area (Å²) in [5.41, 5.74) is 0.736. The number of carbonyl (C=O) groups excluding carboxylic acids is 1. The van der Waals surface area contributed by atoms with Crippen LogP contribution in [0.25, 0.3) is 0 Å². The van der Waals surface area contributed by atoms with Gasteiger partial charge in [-0.3, -0.25) is 4.79 Å². The van der Waals surface area contributed by atoms with Gasteiger partial charge in [0.05, 0.1) is 13.2 Å². The highest BCUT2D eigenvalue weighted by atomic mass is 16.5. The molecule has 1 aromatic rings. The van der Waals surface area contributed by atoms with Crippen LogP contribution in [-0.4, -0.2) is 38.3 Å². The van der Waals surface area contributed by atoms with Crippen LogP contribution >= 0.6 is 0 Å². The highest BCUT2D eigenvalue weighted by Crippen LogP contribution is 2.17. The third-order valence-electron chi connectivity index (χ3n) is 3.04. The van der Waals surface area contributed by atoms with Gasteiger partial charge in [0.25, 0.3) is 0 Å². The van der Waals surface area contributed by atoms with E-state index in [-0.39, 0.29) is 5.91 Å². The fourth-order valence-electron chi connectivity index (χ4n) is 1.64. The van der Waals surface area contributed by atoms with E-state index in [0.29, 0.717) is 32.4 Å². The van der Waals surface area contributed by atoms with E-state index in [0.717, 1.165) is 17.9 Å². The van der Waals surface area contributed by atoms with Gasteiger partial charge in [0, 0.05) is 24.4 Å². The molecule has 21 heavy (non-hydrogen) atoms. The zero-order valence-corrected chi connectivity index (χ0v) is 13.1. The Balaban J connectivity index is 2.39. The van der Waals surface area contributed by atoms with Crippen LogP contribution < -0.4 is 15.4 Å². The number of rotatable bonds is 10. The lowest BCUT2D eigenvalue weighted by molar-refractivity contribution is -0.115. The van der Waals surface area contributed by atoms with Crippen molar-refractivity contribution in [3.05, 3.63) is 24.3 Å². The van der Waals surface area contributed by atoms with Crippen LogP contribution in [-0.2, 0) is 9.53 Å². The number of hydrogen-bond donors (Lipinski definition) is 2. The number of carbonyl (C=O) groups is 1. The predicted octanol–water partition coefficient (Wildman–Crippen LogP) is 2.43. The largest absolute Gasteiger partial charge is 0.491 e. The van der Waals surface area contributed by atoms with E-state index < -0.39 is 0 Å². The number of nitrogens with one attached hydrogen (secondary N) is 2. The molecule has 1 rings (SSSR count). The molecule has 0 radical (unpaired) electrons. The van der Waals surface area contributed by atoms with Crippen LogP contribution in [0.3, 0.4) is 0 Å². The summed E-state index contributed by atoms with van der Waals surface area (Å²) < 4.78 is 10.8. The zero-order chi connectivity index (χ0) is 15.5. The SMILES string of the molecule is CCOCCOc1cccc(NC(=O)CNC(C)CC)c1. The summed E-state index contributed by atoms with van der Waals surface area (Å²) >= 11 is 0. The number of amides is 1. The molecule has 0 bridgehead atoms. The summed E-state index contributed by atoms with van der Waals surface area (Å²) in [5, 5.41) is 6.01. The van der Waals surface area contributed by atoms with E-state index in [1.807, 2.05) is 31.2 Å². The number of hydrogen-bond acceptors (Lipinski definition) is 4. The average Bonchev–Trinajstić information content (AvgIpc) is 2.49. The van der Waals surface area contributed by atoms with E-state index in [9.17, 15) is 4.79 Å². The molecule has 1 unspecified atom stereocenters. The first kappa shape index (κ1) is 17.5. The maximum atomic E-state index is 11.8. The van der Waals surface area contributed by atoms with Gasteiger partial charge in [0.2, 0.25) is 5.91 Å². The Kier molecular flexibility index (Phi) is 8.47. The lowest BCUT2D eigenvalue weighted by Crippen LogP contribution is -2.33. The Morgan fingerprint density at radius 1 is 1.29 bits per heavy atom. The third kappa shape index (κ3) is 7.68. The normalized spacial score (nSPS) is 12.0. The van der Waals surface area contributed by atoms with E-state index in [1.54, 1.807) is 0 Å². The number of benzene rings is 1. The van der Waals surface area contributed by atoms with Crippen molar-refractivity contribution in [1.29, 1.82) is 0 Å². The molecule has 0 aromatic heterocycles. The molecule has 0 heterocycles. The van der Waals surface area contributed by atoms with Crippen molar-refractivity contribution in [3.8, 4) is 5.75 Å². The van der Waals surface area contributed by atoms with Gasteiger partial charge in [0.1, 0.15) is 12.4 Å². The predicted molar refractivity (Wildman–Crippen MR) is 84.8 cm³/mol. The minimum Gasteiger partial charge on any atom is -0.491 e. The van der Waals surface area contributed by atoms with E-state index >= 15 is 0 Å². The second-order valence-corrected chi connectivity index (χ2v) is 4.81. The number of ether oxygens (including phenoxy) is 2. The summed E-state index contributed by atoms with van der Waals surface area (Å²) in [7, 11) is 0. The van der Waals surface area contributed by atoms with Gasteiger partial charge >= 0.3 is 0 Å². The second kappa shape index (κ2) is 10.2. The Hall–Kier alpha value is -1.59. The molecule has 1 amide bonds. The highest BCUT2D eigenvalue weighted by Gasteiger charge is 2.05. The monoisotopic (exact) mass is 294 g/mol. The summed E-state index contributed by atoms with van der Waals surface area (Å²) in [6, 6.07) is 7.71. The molecule has 0 saturated heterocycles. The Bertz CT molecular complexity index is 424. The van der Waals surface area contributed by atoms with Crippen LogP contribution in [0.5, 0.6) is 5.75 Å². The topological polar surface area (TPSA) is 59.6 Å². The number of anilines is 1. The molecule has 5 nitrogen and oxygen atoms in total. The first-order valence-electron chi connectivity index (χ1n) is 7.49. The van der Waals surface area contributed by atoms with Gasteiger partial charge in [-0.05, 0) is 32.4 Å². The summed E-state index contributed by atoms with van der Waals surface area (Å²) in [4.78, 5) is 11.8. The van der Waals surface area contributed by atoms with Gasteiger partial charge in [-0.1, -0.05) is 13.0 Å². The van der Waals surface area contributed by atoms with E-state index in [1.165, 1.54) is 0 Å². The summed E-state index contributed by atoms with van der Waals surface area (Å²) in [6.07, 6.45) is 0.996. The van der Waals surface area contributed by atoms with Crippen LogP contribution in [0.2, 0.25) is 0 Å². The maximum absolute atomic E-state index is 11.8. The molecule has 0 aliphatic rings. The lowest BCUT2D eigenvalue weighted by Gasteiger charge is -2.12. The smallest absolute Gasteiger partial charge is 0.238 e. The van der Waals surface area contributed by atoms with Gasteiger partial charge in [-0.2, -0.15) is 0 Å². The molecule has 5 heteroatoms. The molecule has 0 aliphatic heterocycles. The van der Waals surface area contributed by atoms with Crippen molar-refractivity contribution in [3.63, 3.8) is 0 Å². The standard InChI is InChI=1S/C16H26N2O3/c1-4-13(3)17-12-16(19)18-14-7-6-8-15(11-14)21-10-9-20-5-2/h6-8,11,13,17H,4-5,9-10,12H2,1-3H3,(H,18,19). The minimum atomic E-state index is -0.0539. The zero-order valence-electron chi connectivity index (χ0n) is 13.1. The van der Waals surface area contributed by atoms with Crippen molar-refractivity contribution in [1.82, 2.24) is 5.32 Å². The van der Waals surface area contributed by atoms with Gasteiger partial charge in [0.15, 0.2) is 0 Å². The molecule has 1 atom stereocenters. The maximum Gasteiger partial charge on any atom is 0.238 e.